The zero-order chi connectivity index (χ0) is 8.43. The van der Waals surface area contributed by atoms with Crippen molar-refractivity contribution < 1.29 is 9.90 Å². The van der Waals surface area contributed by atoms with Gasteiger partial charge in [0.15, 0.2) is 5.69 Å². The summed E-state index contributed by atoms with van der Waals surface area (Å²) in [5, 5.41) is 8.54. The maximum atomic E-state index is 10.4. The molecule has 0 aliphatic carbocycles. The third-order valence-electron chi connectivity index (χ3n) is 1.19. The van der Waals surface area contributed by atoms with Crippen LogP contribution in [0.3, 0.4) is 0 Å². The molecular formula is C6H7N3O2. The molecule has 11 heavy (non-hydrogen) atoms. The van der Waals surface area contributed by atoms with Gasteiger partial charge >= 0.3 is 5.97 Å². The number of nitrogen functional groups attached to an aromatic ring is 1. The van der Waals surface area contributed by atoms with Gasteiger partial charge in [0, 0.05) is 11.8 Å². The molecule has 0 atom stereocenters. The summed E-state index contributed by atoms with van der Waals surface area (Å²) < 4.78 is 0. The Morgan fingerprint density at radius 1 is 1.73 bits per heavy atom. The van der Waals surface area contributed by atoms with Crippen LogP contribution >= 0.6 is 0 Å². The van der Waals surface area contributed by atoms with E-state index in [2.05, 4.69) is 9.97 Å². The van der Waals surface area contributed by atoms with Crippen molar-refractivity contribution in [3.63, 3.8) is 0 Å². The van der Waals surface area contributed by atoms with Gasteiger partial charge < -0.3 is 10.8 Å². The third kappa shape index (κ3) is 1.43. The average molecular weight is 153 g/mol. The van der Waals surface area contributed by atoms with Crippen LogP contribution in [-0.2, 0) is 0 Å². The summed E-state index contributed by atoms with van der Waals surface area (Å²) in [5.41, 5.74) is 5.64. The van der Waals surface area contributed by atoms with Crippen LogP contribution in [0.15, 0.2) is 6.20 Å². The fraction of sp³-hybridized carbons (Fsp3) is 0.167. The molecule has 1 aromatic heterocycles. The van der Waals surface area contributed by atoms with E-state index in [0.29, 0.717) is 5.56 Å². The molecule has 5 nitrogen and oxygen atoms in total. The van der Waals surface area contributed by atoms with Gasteiger partial charge in [0.05, 0.1) is 0 Å². The molecule has 1 rings (SSSR count). The van der Waals surface area contributed by atoms with E-state index in [4.69, 9.17) is 10.8 Å². The van der Waals surface area contributed by atoms with Crippen LogP contribution in [0, 0.1) is 6.92 Å². The van der Waals surface area contributed by atoms with Crippen molar-refractivity contribution in [1.82, 2.24) is 9.97 Å². The van der Waals surface area contributed by atoms with E-state index in [0.717, 1.165) is 0 Å². The summed E-state index contributed by atoms with van der Waals surface area (Å²) >= 11 is 0. The van der Waals surface area contributed by atoms with E-state index in [1.165, 1.54) is 6.20 Å². The predicted molar refractivity (Wildman–Crippen MR) is 38.1 cm³/mol. The highest BCUT2D eigenvalue weighted by Gasteiger charge is 2.08. The number of hydrogen-bond acceptors (Lipinski definition) is 4. The maximum Gasteiger partial charge on any atom is 0.354 e. The lowest BCUT2D eigenvalue weighted by molar-refractivity contribution is 0.0689. The van der Waals surface area contributed by atoms with Gasteiger partial charge in [-0.2, -0.15) is 0 Å². The molecule has 3 N–H and O–H groups in total. The van der Waals surface area contributed by atoms with Crippen LogP contribution in [0.1, 0.15) is 16.1 Å². The zero-order valence-corrected chi connectivity index (χ0v) is 5.90. The fourth-order valence-electron chi connectivity index (χ4n) is 0.672. The van der Waals surface area contributed by atoms with Crippen molar-refractivity contribution >= 4 is 11.9 Å². The molecule has 0 saturated heterocycles. The lowest BCUT2D eigenvalue weighted by Crippen LogP contribution is -2.07. The van der Waals surface area contributed by atoms with Crippen molar-refractivity contribution in [2.75, 3.05) is 5.73 Å². The van der Waals surface area contributed by atoms with E-state index in [1.54, 1.807) is 6.92 Å². The zero-order valence-electron chi connectivity index (χ0n) is 5.90. The number of carboxylic acids is 1. The number of carboxylic acid groups (broad SMARTS) is 1. The van der Waals surface area contributed by atoms with Gasteiger partial charge in [-0.25, -0.2) is 14.8 Å². The molecule has 0 spiro atoms. The molecule has 0 aliphatic heterocycles. The van der Waals surface area contributed by atoms with Crippen molar-refractivity contribution in [3.8, 4) is 0 Å². The number of anilines is 1. The minimum atomic E-state index is -1.09. The van der Waals surface area contributed by atoms with Gasteiger partial charge in [-0.1, -0.05) is 0 Å². The molecule has 0 saturated carbocycles. The Bertz CT molecular complexity index is 298. The number of hydrogen-bond donors (Lipinski definition) is 2. The minimum Gasteiger partial charge on any atom is -0.476 e. The second kappa shape index (κ2) is 2.53. The Balaban J connectivity index is 3.23. The smallest absolute Gasteiger partial charge is 0.354 e. The highest BCUT2D eigenvalue weighted by molar-refractivity contribution is 5.87. The largest absolute Gasteiger partial charge is 0.476 e. The lowest BCUT2D eigenvalue weighted by atomic mass is 10.2. The first-order valence-corrected chi connectivity index (χ1v) is 2.93. The number of nitrogens with zero attached hydrogens (tertiary/aromatic N) is 2. The highest BCUT2D eigenvalue weighted by atomic mass is 16.4. The topological polar surface area (TPSA) is 89.1 Å². The number of aromatic nitrogens is 2. The van der Waals surface area contributed by atoms with E-state index < -0.39 is 5.97 Å². The van der Waals surface area contributed by atoms with E-state index >= 15 is 0 Å². The van der Waals surface area contributed by atoms with Crippen molar-refractivity contribution in [2.24, 2.45) is 0 Å². The van der Waals surface area contributed by atoms with Crippen LogP contribution in [-0.4, -0.2) is 21.0 Å². The minimum absolute atomic E-state index is 0.0204. The van der Waals surface area contributed by atoms with Crippen molar-refractivity contribution in [3.05, 3.63) is 17.5 Å². The summed E-state index contributed by atoms with van der Waals surface area (Å²) in [6, 6.07) is 0. The Morgan fingerprint density at radius 2 is 2.36 bits per heavy atom. The lowest BCUT2D eigenvalue weighted by Gasteiger charge is -1.97. The first kappa shape index (κ1) is 7.46. The monoisotopic (exact) mass is 153 g/mol. The quantitative estimate of drug-likeness (QED) is 0.595. The first-order chi connectivity index (χ1) is 5.11. The van der Waals surface area contributed by atoms with Crippen molar-refractivity contribution in [2.45, 2.75) is 6.92 Å². The van der Waals surface area contributed by atoms with Crippen LogP contribution in [0.4, 0.5) is 5.95 Å². The predicted octanol–water partition coefficient (Wildman–Crippen LogP) is 0.0654. The number of rotatable bonds is 1. The first-order valence-electron chi connectivity index (χ1n) is 2.93. The number of aromatic carboxylic acids is 1. The van der Waals surface area contributed by atoms with Gasteiger partial charge in [0.1, 0.15) is 0 Å². The summed E-state index contributed by atoms with van der Waals surface area (Å²) in [6.45, 7) is 1.61. The van der Waals surface area contributed by atoms with Crippen LogP contribution in [0.25, 0.3) is 0 Å². The molecule has 1 aromatic rings. The number of carbonyl (C=O) groups is 1. The molecule has 0 fully saturated rings. The number of aryl methyl sites for hydroxylation is 1. The van der Waals surface area contributed by atoms with E-state index in [9.17, 15) is 4.79 Å². The third-order valence-corrected chi connectivity index (χ3v) is 1.19. The van der Waals surface area contributed by atoms with Gasteiger partial charge in [0.2, 0.25) is 5.95 Å². The normalized spacial score (nSPS) is 9.55. The average Bonchev–Trinajstić information content (AvgIpc) is 1.94. The Labute approximate surface area is 62.9 Å². The number of nitrogens with two attached hydrogens (primary N) is 1. The molecule has 0 radical (unpaired) electrons. The second-order valence-corrected chi connectivity index (χ2v) is 2.06. The van der Waals surface area contributed by atoms with E-state index in [-0.39, 0.29) is 11.6 Å². The highest BCUT2D eigenvalue weighted by Crippen LogP contribution is 2.03. The fourth-order valence-corrected chi connectivity index (χ4v) is 0.672. The summed E-state index contributed by atoms with van der Waals surface area (Å²) in [6.07, 6.45) is 1.38. The van der Waals surface area contributed by atoms with Crippen molar-refractivity contribution in [1.29, 1.82) is 0 Å². The van der Waals surface area contributed by atoms with Gasteiger partial charge in [0.25, 0.3) is 0 Å². The molecule has 0 aliphatic rings. The Morgan fingerprint density at radius 3 is 2.82 bits per heavy atom. The molecular weight excluding hydrogens is 146 g/mol. The molecule has 0 bridgehead atoms. The Kier molecular flexibility index (Phi) is 1.72. The Hall–Kier alpha value is -1.65. The van der Waals surface area contributed by atoms with Gasteiger partial charge in [-0.05, 0) is 6.92 Å². The summed E-state index contributed by atoms with van der Waals surface area (Å²) in [5.74, 6) is -1.11. The van der Waals surface area contributed by atoms with Gasteiger partial charge in [-0.3, -0.25) is 0 Å². The summed E-state index contributed by atoms with van der Waals surface area (Å²) in [4.78, 5) is 17.6. The van der Waals surface area contributed by atoms with Crippen LogP contribution < -0.4 is 5.73 Å². The SMILES string of the molecule is Cc1cnc(N)nc1C(=O)O. The molecule has 5 heteroatoms. The summed E-state index contributed by atoms with van der Waals surface area (Å²) in [7, 11) is 0. The van der Waals surface area contributed by atoms with Gasteiger partial charge in [-0.15, -0.1) is 0 Å². The molecule has 58 valence electrons. The standard InChI is InChI=1S/C6H7N3O2/c1-3-2-8-6(7)9-4(3)5(10)11/h2H,1H3,(H,10,11)(H2,7,8,9). The second-order valence-electron chi connectivity index (χ2n) is 2.06. The molecule has 0 amide bonds. The molecule has 0 aromatic carbocycles. The maximum absolute atomic E-state index is 10.4. The van der Waals surface area contributed by atoms with Crippen LogP contribution in [0.2, 0.25) is 0 Å². The van der Waals surface area contributed by atoms with Crippen LogP contribution in [0.5, 0.6) is 0 Å². The molecule has 0 unspecified atom stereocenters. The molecule has 1 heterocycles. The van der Waals surface area contributed by atoms with E-state index in [1.807, 2.05) is 0 Å².